The van der Waals surface area contributed by atoms with Gasteiger partial charge in [-0.25, -0.2) is 17.2 Å². The summed E-state index contributed by atoms with van der Waals surface area (Å²) >= 11 is 1.15. The van der Waals surface area contributed by atoms with E-state index in [1.807, 2.05) is 0 Å². The lowest BCUT2D eigenvalue weighted by molar-refractivity contribution is 0.0731. The van der Waals surface area contributed by atoms with Gasteiger partial charge >= 0.3 is 0 Å². The van der Waals surface area contributed by atoms with E-state index in [-0.39, 0.29) is 9.90 Å². The van der Waals surface area contributed by atoms with Crippen LogP contribution in [0.25, 0.3) is 10.4 Å². The number of morpholine rings is 1. The van der Waals surface area contributed by atoms with Gasteiger partial charge in [0.2, 0.25) is 0 Å². The molecule has 2 aromatic carbocycles. The molecule has 10 heteroatoms. The van der Waals surface area contributed by atoms with Gasteiger partial charge in [0.25, 0.3) is 15.9 Å². The number of ether oxygens (including phenoxy) is 1. The van der Waals surface area contributed by atoms with Crippen molar-refractivity contribution in [1.82, 2.24) is 4.31 Å². The first-order valence-corrected chi connectivity index (χ1v) is 11.6. The Bertz CT molecular complexity index is 1180. The van der Waals surface area contributed by atoms with Crippen LogP contribution in [0.4, 0.5) is 14.5 Å². The zero-order valence-electron chi connectivity index (χ0n) is 16.2. The first kappa shape index (κ1) is 21.6. The van der Waals surface area contributed by atoms with E-state index >= 15 is 0 Å². The van der Waals surface area contributed by atoms with E-state index in [0.29, 0.717) is 31.9 Å². The van der Waals surface area contributed by atoms with Crippen molar-refractivity contribution in [3.8, 4) is 10.4 Å². The number of amides is 1. The van der Waals surface area contributed by atoms with Gasteiger partial charge in [-0.05, 0) is 42.0 Å². The molecule has 31 heavy (non-hydrogen) atoms. The largest absolute Gasteiger partial charge is 0.379 e. The molecule has 1 N–H and O–H groups in total. The molecule has 4 rings (SSSR count). The van der Waals surface area contributed by atoms with Crippen molar-refractivity contribution < 1.29 is 26.7 Å². The molecule has 0 bridgehead atoms. The normalized spacial score (nSPS) is 15.0. The van der Waals surface area contributed by atoms with Crippen molar-refractivity contribution >= 4 is 33.0 Å². The second kappa shape index (κ2) is 8.83. The van der Waals surface area contributed by atoms with Crippen LogP contribution < -0.4 is 5.32 Å². The molecule has 3 aromatic rings. The maximum absolute atomic E-state index is 13.3. The highest BCUT2D eigenvalue weighted by Crippen LogP contribution is 2.32. The fraction of sp³-hybridized carbons (Fsp3) is 0.190. The quantitative estimate of drug-likeness (QED) is 0.620. The van der Waals surface area contributed by atoms with Crippen molar-refractivity contribution in [1.29, 1.82) is 0 Å². The fourth-order valence-electron chi connectivity index (χ4n) is 3.14. The number of nitrogens with one attached hydrogen (secondary N) is 1. The summed E-state index contributed by atoms with van der Waals surface area (Å²) in [5.41, 5.74) is 1.07. The number of carbonyl (C=O) groups excluding carboxylic acids is 1. The van der Waals surface area contributed by atoms with Crippen LogP contribution in [0.15, 0.2) is 58.8 Å². The third kappa shape index (κ3) is 4.82. The average molecular weight is 465 g/mol. The Kier molecular flexibility index (Phi) is 6.15. The minimum Gasteiger partial charge on any atom is -0.379 e. The number of halogens is 2. The number of hydrogen-bond acceptors (Lipinski definition) is 5. The van der Waals surface area contributed by atoms with Crippen molar-refractivity contribution in [2.24, 2.45) is 0 Å². The van der Waals surface area contributed by atoms with Crippen LogP contribution >= 0.6 is 11.3 Å². The van der Waals surface area contributed by atoms with Gasteiger partial charge in [0.05, 0.1) is 13.2 Å². The second-order valence-corrected chi connectivity index (χ2v) is 10.1. The third-order valence-corrected chi connectivity index (χ3v) is 8.20. The number of anilines is 1. The van der Waals surface area contributed by atoms with E-state index in [1.54, 1.807) is 36.4 Å². The number of nitrogens with zero attached hydrogens (tertiary/aromatic N) is 1. The number of sulfonamides is 1. The Labute approximate surface area is 182 Å². The Hall–Kier alpha value is -2.66. The standard InChI is InChI=1S/C21H18F2N2O4S2/c22-16-11-17(23)13-18(12-16)24-21(26)15-3-1-14(2-4-15)19-5-6-20(30-19)31(27,28)25-7-9-29-10-8-25/h1-6,11-13H,7-10H2,(H,24,26). The van der Waals surface area contributed by atoms with E-state index in [0.717, 1.165) is 40.0 Å². The van der Waals surface area contributed by atoms with Crippen LogP contribution in [0.1, 0.15) is 10.4 Å². The number of thiophene rings is 1. The molecule has 2 heterocycles. The number of benzene rings is 2. The molecule has 0 atom stereocenters. The predicted molar refractivity (Wildman–Crippen MR) is 114 cm³/mol. The van der Waals surface area contributed by atoms with E-state index in [9.17, 15) is 22.0 Å². The molecule has 0 spiro atoms. The van der Waals surface area contributed by atoms with Crippen LogP contribution in [0.2, 0.25) is 0 Å². The molecular formula is C21H18F2N2O4S2. The van der Waals surface area contributed by atoms with Crippen molar-refractivity contribution in [2.75, 3.05) is 31.6 Å². The Morgan fingerprint density at radius 1 is 0.968 bits per heavy atom. The van der Waals surface area contributed by atoms with Crippen LogP contribution in [-0.2, 0) is 14.8 Å². The fourth-order valence-corrected chi connectivity index (χ4v) is 6.02. The third-order valence-electron chi connectivity index (χ3n) is 4.70. The summed E-state index contributed by atoms with van der Waals surface area (Å²) in [5, 5.41) is 2.45. The summed E-state index contributed by atoms with van der Waals surface area (Å²) in [7, 11) is -3.57. The first-order chi connectivity index (χ1) is 14.8. The van der Waals surface area contributed by atoms with Gasteiger partial charge < -0.3 is 10.1 Å². The zero-order valence-corrected chi connectivity index (χ0v) is 17.8. The van der Waals surface area contributed by atoms with Crippen molar-refractivity contribution in [2.45, 2.75) is 4.21 Å². The summed E-state index contributed by atoms with van der Waals surface area (Å²) in [4.78, 5) is 13.1. The summed E-state index contributed by atoms with van der Waals surface area (Å²) in [5.74, 6) is -2.09. The topological polar surface area (TPSA) is 75.7 Å². The smallest absolute Gasteiger partial charge is 0.255 e. The van der Waals surface area contributed by atoms with Gasteiger partial charge in [-0.2, -0.15) is 4.31 Å². The summed E-state index contributed by atoms with van der Waals surface area (Å²) in [6, 6.07) is 12.6. The summed E-state index contributed by atoms with van der Waals surface area (Å²) < 4.78 is 59.0. The number of rotatable bonds is 5. The SMILES string of the molecule is O=C(Nc1cc(F)cc(F)c1)c1ccc(-c2ccc(S(=O)(=O)N3CCOCC3)s2)cc1. The summed E-state index contributed by atoms with van der Waals surface area (Å²) in [6.07, 6.45) is 0. The van der Waals surface area contributed by atoms with Gasteiger partial charge in [-0.1, -0.05) is 12.1 Å². The van der Waals surface area contributed by atoms with E-state index < -0.39 is 27.6 Å². The molecule has 1 aliphatic rings. The van der Waals surface area contributed by atoms with Gasteiger partial charge in [0.1, 0.15) is 15.8 Å². The van der Waals surface area contributed by atoms with Crippen LogP contribution in [0.3, 0.4) is 0 Å². The lowest BCUT2D eigenvalue weighted by Gasteiger charge is -2.25. The lowest BCUT2D eigenvalue weighted by Crippen LogP contribution is -2.40. The highest BCUT2D eigenvalue weighted by atomic mass is 32.2. The molecule has 162 valence electrons. The summed E-state index contributed by atoms with van der Waals surface area (Å²) in [6.45, 7) is 1.41. The zero-order chi connectivity index (χ0) is 22.0. The first-order valence-electron chi connectivity index (χ1n) is 9.38. The predicted octanol–water partition coefficient (Wildman–Crippen LogP) is 3.97. The van der Waals surface area contributed by atoms with Crippen LogP contribution in [0.5, 0.6) is 0 Å². The molecule has 1 amide bonds. The Balaban J connectivity index is 1.49. The Morgan fingerprint density at radius 2 is 1.61 bits per heavy atom. The molecular weight excluding hydrogens is 446 g/mol. The van der Waals surface area contributed by atoms with E-state index in [4.69, 9.17) is 4.74 Å². The molecule has 0 radical (unpaired) electrons. The maximum Gasteiger partial charge on any atom is 0.255 e. The molecule has 0 aliphatic carbocycles. The highest BCUT2D eigenvalue weighted by Gasteiger charge is 2.27. The van der Waals surface area contributed by atoms with Crippen molar-refractivity contribution in [3.05, 3.63) is 71.8 Å². The molecule has 1 aliphatic heterocycles. The maximum atomic E-state index is 13.3. The van der Waals surface area contributed by atoms with Gasteiger partial charge in [0.15, 0.2) is 0 Å². The monoisotopic (exact) mass is 464 g/mol. The lowest BCUT2D eigenvalue weighted by atomic mass is 10.1. The average Bonchev–Trinajstić information content (AvgIpc) is 3.25. The van der Waals surface area contributed by atoms with Crippen molar-refractivity contribution in [3.63, 3.8) is 0 Å². The molecule has 0 saturated carbocycles. The molecule has 1 aromatic heterocycles. The molecule has 6 nitrogen and oxygen atoms in total. The van der Waals surface area contributed by atoms with Gasteiger partial charge in [-0.3, -0.25) is 4.79 Å². The van der Waals surface area contributed by atoms with Crippen LogP contribution in [0, 0.1) is 11.6 Å². The van der Waals surface area contributed by atoms with Gasteiger partial charge in [-0.15, -0.1) is 11.3 Å². The van der Waals surface area contributed by atoms with Crippen LogP contribution in [-0.4, -0.2) is 44.9 Å². The molecule has 1 saturated heterocycles. The second-order valence-electron chi connectivity index (χ2n) is 6.82. The minimum atomic E-state index is -3.57. The van der Waals surface area contributed by atoms with Gasteiger partial charge in [0, 0.05) is 35.3 Å². The minimum absolute atomic E-state index is 0.0165. The van der Waals surface area contributed by atoms with E-state index in [1.165, 1.54) is 4.31 Å². The Morgan fingerprint density at radius 3 is 2.26 bits per heavy atom. The molecule has 1 fully saturated rings. The number of hydrogen-bond donors (Lipinski definition) is 1. The van der Waals surface area contributed by atoms with E-state index in [2.05, 4.69) is 5.32 Å². The number of carbonyl (C=O) groups is 1. The molecule has 0 unspecified atom stereocenters. The highest BCUT2D eigenvalue weighted by molar-refractivity contribution is 7.91.